The third-order valence-electron chi connectivity index (χ3n) is 4.24. The summed E-state index contributed by atoms with van der Waals surface area (Å²) in [6.07, 6.45) is 5.52. The molecule has 2 saturated heterocycles. The van der Waals surface area contributed by atoms with Gasteiger partial charge in [-0.3, -0.25) is 4.79 Å². The first-order valence-corrected chi connectivity index (χ1v) is 9.49. The molecule has 1 aliphatic carbocycles. The van der Waals surface area contributed by atoms with Crippen LogP contribution in [0.2, 0.25) is 0 Å². The average Bonchev–Trinajstić information content (AvgIpc) is 2.44. The Labute approximate surface area is 136 Å². The van der Waals surface area contributed by atoms with Gasteiger partial charge in [-0.25, -0.2) is 0 Å². The standard InChI is InChI=1S/C15H24Cl2O2S/c1-3-7-15(16,17)14(18)13-10-5-6-11(19-13)12(9-10)20-8-4-2/h10-13H,3-9H2,1-2H3. The lowest BCUT2D eigenvalue weighted by molar-refractivity contribution is -0.157. The summed E-state index contributed by atoms with van der Waals surface area (Å²) in [6.45, 7) is 4.18. The fraction of sp³-hybridized carbons (Fsp3) is 0.933. The van der Waals surface area contributed by atoms with Crippen molar-refractivity contribution < 1.29 is 9.53 Å². The Bertz CT molecular complexity index is 349. The van der Waals surface area contributed by atoms with Crippen LogP contribution in [-0.2, 0) is 9.53 Å². The van der Waals surface area contributed by atoms with Gasteiger partial charge in [-0.1, -0.05) is 43.5 Å². The molecule has 3 fully saturated rings. The maximum absolute atomic E-state index is 12.5. The molecule has 2 heterocycles. The molecule has 0 spiro atoms. The van der Waals surface area contributed by atoms with Crippen molar-refractivity contribution >= 4 is 40.7 Å². The molecule has 3 rings (SSSR count). The fourth-order valence-corrected chi connectivity index (χ4v) is 5.16. The van der Waals surface area contributed by atoms with Gasteiger partial charge < -0.3 is 4.74 Å². The van der Waals surface area contributed by atoms with E-state index in [1.54, 1.807) is 0 Å². The normalized spacial score (nSPS) is 33.4. The Morgan fingerprint density at radius 2 is 2.05 bits per heavy atom. The van der Waals surface area contributed by atoms with Gasteiger partial charge in [0.25, 0.3) is 0 Å². The van der Waals surface area contributed by atoms with E-state index < -0.39 is 4.33 Å². The van der Waals surface area contributed by atoms with Crippen LogP contribution in [0.5, 0.6) is 0 Å². The average molecular weight is 339 g/mol. The predicted molar refractivity (Wildman–Crippen MR) is 86.9 cm³/mol. The van der Waals surface area contributed by atoms with Crippen LogP contribution in [0.15, 0.2) is 0 Å². The minimum absolute atomic E-state index is 0.115. The van der Waals surface area contributed by atoms with Gasteiger partial charge in [0.1, 0.15) is 6.10 Å². The first-order chi connectivity index (χ1) is 9.49. The van der Waals surface area contributed by atoms with Crippen molar-refractivity contribution in [3.05, 3.63) is 0 Å². The lowest BCUT2D eigenvalue weighted by Crippen LogP contribution is -2.54. The highest BCUT2D eigenvalue weighted by molar-refractivity contribution is 7.99. The number of carbonyl (C=O) groups is 1. The Kier molecular flexibility index (Phi) is 6.10. The third kappa shape index (κ3) is 3.66. The highest BCUT2D eigenvalue weighted by atomic mass is 35.5. The molecule has 20 heavy (non-hydrogen) atoms. The van der Waals surface area contributed by atoms with Gasteiger partial charge in [0.15, 0.2) is 10.1 Å². The summed E-state index contributed by atoms with van der Waals surface area (Å²) in [5, 5.41) is 0.545. The minimum Gasteiger partial charge on any atom is -0.366 e. The molecule has 2 bridgehead atoms. The summed E-state index contributed by atoms with van der Waals surface area (Å²) < 4.78 is 4.78. The minimum atomic E-state index is -1.27. The summed E-state index contributed by atoms with van der Waals surface area (Å²) in [7, 11) is 0. The second-order valence-electron chi connectivity index (χ2n) is 5.90. The van der Waals surface area contributed by atoms with Crippen LogP contribution in [0, 0.1) is 5.92 Å². The summed E-state index contributed by atoms with van der Waals surface area (Å²) in [6, 6.07) is 0. The van der Waals surface area contributed by atoms with E-state index in [1.165, 1.54) is 12.2 Å². The molecule has 2 aliphatic heterocycles. The maximum atomic E-state index is 12.5. The van der Waals surface area contributed by atoms with E-state index in [0.29, 0.717) is 17.6 Å². The van der Waals surface area contributed by atoms with Crippen LogP contribution in [0.25, 0.3) is 0 Å². The number of hydrogen-bond acceptors (Lipinski definition) is 3. The zero-order valence-electron chi connectivity index (χ0n) is 12.2. The van der Waals surface area contributed by atoms with Crippen molar-refractivity contribution in [2.24, 2.45) is 5.92 Å². The maximum Gasteiger partial charge on any atom is 0.197 e. The van der Waals surface area contributed by atoms with Crippen molar-refractivity contribution in [1.29, 1.82) is 0 Å². The van der Waals surface area contributed by atoms with E-state index in [4.69, 9.17) is 27.9 Å². The molecule has 5 heteroatoms. The van der Waals surface area contributed by atoms with E-state index in [0.717, 1.165) is 25.7 Å². The van der Waals surface area contributed by atoms with Gasteiger partial charge >= 0.3 is 0 Å². The van der Waals surface area contributed by atoms with Gasteiger partial charge in [-0.2, -0.15) is 11.8 Å². The Morgan fingerprint density at radius 1 is 1.30 bits per heavy atom. The number of fused-ring (bicyclic) bond motifs is 3. The zero-order valence-corrected chi connectivity index (χ0v) is 14.6. The van der Waals surface area contributed by atoms with Gasteiger partial charge in [-0.15, -0.1) is 0 Å². The second kappa shape index (κ2) is 7.21. The van der Waals surface area contributed by atoms with Crippen LogP contribution in [-0.4, -0.2) is 33.3 Å². The number of thioether (sulfide) groups is 1. The van der Waals surface area contributed by atoms with Crippen LogP contribution in [0.3, 0.4) is 0 Å². The van der Waals surface area contributed by atoms with Crippen LogP contribution in [0.4, 0.5) is 0 Å². The molecular weight excluding hydrogens is 315 g/mol. The topological polar surface area (TPSA) is 26.3 Å². The molecule has 3 aliphatic rings. The third-order valence-corrected chi connectivity index (χ3v) is 6.56. The molecule has 4 unspecified atom stereocenters. The summed E-state index contributed by atoms with van der Waals surface area (Å²) in [4.78, 5) is 12.5. The molecule has 4 atom stereocenters. The van der Waals surface area contributed by atoms with Gasteiger partial charge in [0.2, 0.25) is 0 Å². The van der Waals surface area contributed by atoms with Crippen LogP contribution in [0.1, 0.15) is 52.4 Å². The number of ether oxygens (including phenoxy) is 1. The van der Waals surface area contributed by atoms with E-state index in [2.05, 4.69) is 6.92 Å². The van der Waals surface area contributed by atoms with E-state index >= 15 is 0 Å². The quantitative estimate of drug-likeness (QED) is 0.634. The Morgan fingerprint density at radius 3 is 2.60 bits per heavy atom. The highest BCUT2D eigenvalue weighted by Crippen LogP contribution is 2.45. The second-order valence-corrected chi connectivity index (χ2v) is 8.73. The van der Waals surface area contributed by atoms with Crippen molar-refractivity contribution in [2.45, 2.75) is 74.2 Å². The van der Waals surface area contributed by atoms with E-state index in [-0.39, 0.29) is 18.0 Å². The summed E-state index contributed by atoms with van der Waals surface area (Å²) >= 11 is 14.4. The first kappa shape index (κ1) is 16.9. The molecule has 116 valence electrons. The van der Waals surface area contributed by atoms with Gasteiger partial charge in [0, 0.05) is 5.25 Å². The molecule has 0 radical (unpaired) electrons. The Hall–Kier alpha value is 0.560. The lowest BCUT2D eigenvalue weighted by Gasteiger charge is -2.47. The molecular formula is C15H24Cl2O2S. The van der Waals surface area contributed by atoms with E-state index in [1.807, 2.05) is 18.7 Å². The number of hydrogen-bond donors (Lipinski definition) is 0. The molecule has 0 aromatic carbocycles. The highest BCUT2D eigenvalue weighted by Gasteiger charge is 2.50. The first-order valence-electron chi connectivity index (χ1n) is 7.68. The van der Waals surface area contributed by atoms with Crippen molar-refractivity contribution in [2.75, 3.05) is 5.75 Å². The molecule has 0 aromatic heterocycles. The monoisotopic (exact) mass is 338 g/mol. The largest absolute Gasteiger partial charge is 0.366 e. The van der Waals surface area contributed by atoms with Crippen molar-refractivity contribution in [3.8, 4) is 0 Å². The van der Waals surface area contributed by atoms with E-state index in [9.17, 15) is 4.79 Å². The lowest BCUT2D eigenvalue weighted by atomic mass is 9.77. The zero-order chi connectivity index (χ0) is 14.8. The number of ketones is 1. The van der Waals surface area contributed by atoms with Crippen LogP contribution >= 0.6 is 35.0 Å². The van der Waals surface area contributed by atoms with Gasteiger partial charge in [0.05, 0.1) is 6.10 Å². The smallest absolute Gasteiger partial charge is 0.197 e. The number of carbonyl (C=O) groups excluding carboxylic acids is 1. The number of Topliss-reactive ketones (excluding diaryl/α,β-unsaturated/α-hetero) is 1. The molecule has 0 N–H and O–H groups in total. The summed E-state index contributed by atoms with van der Waals surface area (Å²) in [5.41, 5.74) is 0. The van der Waals surface area contributed by atoms with Crippen LogP contribution < -0.4 is 0 Å². The summed E-state index contributed by atoms with van der Waals surface area (Å²) in [5.74, 6) is 1.35. The number of rotatable bonds is 7. The fourth-order valence-electron chi connectivity index (χ4n) is 3.23. The van der Waals surface area contributed by atoms with Crippen molar-refractivity contribution in [1.82, 2.24) is 0 Å². The Balaban J connectivity index is 1.98. The number of alkyl halides is 2. The SMILES string of the molecule is CCCSC1CC2CCC1OC2C(=O)C(Cl)(Cl)CCC. The predicted octanol–water partition coefficient (Wildman–Crippen LogP) is 4.61. The van der Waals surface area contributed by atoms with Crippen molar-refractivity contribution in [3.63, 3.8) is 0 Å². The number of halogens is 2. The van der Waals surface area contributed by atoms with Gasteiger partial charge in [-0.05, 0) is 43.8 Å². The molecule has 1 saturated carbocycles. The molecule has 2 nitrogen and oxygen atoms in total. The molecule has 0 aromatic rings. The molecule has 0 amide bonds.